The fraction of sp³-hybridized carbons (Fsp3) is 0.538. The van der Waals surface area contributed by atoms with Crippen molar-refractivity contribution >= 4 is 5.69 Å². The Hall–Kier alpha value is -1.10. The highest BCUT2D eigenvalue weighted by Crippen LogP contribution is 2.23. The van der Waals surface area contributed by atoms with Crippen LogP contribution in [0.2, 0.25) is 0 Å². The van der Waals surface area contributed by atoms with Crippen molar-refractivity contribution in [3.8, 4) is 0 Å². The number of rotatable bonds is 3. The molecule has 4 nitrogen and oxygen atoms in total. The number of benzene rings is 1. The quantitative estimate of drug-likeness (QED) is 0.812. The second kappa shape index (κ2) is 5.49. The first kappa shape index (κ1) is 12.4. The summed E-state index contributed by atoms with van der Waals surface area (Å²) in [4.78, 5) is 2.22. The Kier molecular flexibility index (Phi) is 3.99. The second-order valence-corrected chi connectivity index (χ2v) is 4.40. The Labute approximate surface area is 101 Å². The number of aryl methyl sites for hydroxylation is 1. The van der Waals surface area contributed by atoms with Crippen molar-refractivity contribution in [1.29, 1.82) is 0 Å². The van der Waals surface area contributed by atoms with Gasteiger partial charge in [0.15, 0.2) is 0 Å². The molecule has 94 valence electrons. The molecule has 0 spiro atoms. The molecule has 1 unspecified atom stereocenters. The summed E-state index contributed by atoms with van der Waals surface area (Å²) in [6.07, 6.45) is -0.0966. The number of ether oxygens (including phenoxy) is 1. The standard InChI is InChI=1S/C13H19NO3/c1-10-6-11(8-15)2-3-13(10)14-4-5-17-12(7-14)9-16/h2-3,6,12,15-16H,4-5,7-9H2,1H3. The van der Waals surface area contributed by atoms with E-state index in [1.54, 1.807) is 0 Å². The Morgan fingerprint density at radius 3 is 2.88 bits per heavy atom. The summed E-state index contributed by atoms with van der Waals surface area (Å²) >= 11 is 0. The average Bonchev–Trinajstić information content (AvgIpc) is 2.38. The van der Waals surface area contributed by atoms with Gasteiger partial charge in [-0.05, 0) is 24.1 Å². The topological polar surface area (TPSA) is 52.9 Å². The van der Waals surface area contributed by atoms with E-state index in [1.165, 1.54) is 0 Å². The van der Waals surface area contributed by atoms with Crippen LogP contribution in [0.4, 0.5) is 5.69 Å². The molecule has 2 rings (SSSR count). The lowest BCUT2D eigenvalue weighted by Gasteiger charge is -2.34. The Morgan fingerprint density at radius 2 is 2.24 bits per heavy atom. The van der Waals surface area contributed by atoms with Crippen LogP contribution in [0.1, 0.15) is 11.1 Å². The van der Waals surface area contributed by atoms with Crippen molar-refractivity contribution in [2.75, 3.05) is 31.2 Å². The van der Waals surface area contributed by atoms with E-state index in [4.69, 9.17) is 14.9 Å². The van der Waals surface area contributed by atoms with Gasteiger partial charge in [0.2, 0.25) is 0 Å². The van der Waals surface area contributed by atoms with Crippen molar-refractivity contribution in [3.05, 3.63) is 29.3 Å². The lowest BCUT2D eigenvalue weighted by atomic mass is 10.1. The summed E-state index contributed by atoms with van der Waals surface area (Å²) in [6, 6.07) is 5.96. The van der Waals surface area contributed by atoms with Crippen LogP contribution in [0, 0.1) is 6.92 Å². The Balaban J connectivity index is 2.16. The van der Waals surface area contributed by atoms with Crippen molar-refractivity contribution in [1.82, 2.24) is 0 Å². The number of nitrogens with zero attached hydrogens (tertiary/aromatic N) is 1. The van der Waals surface area contributed by atoms with E-state index in [2.05, 4.69) is 4.90 Å². The maximum atomic E-state index is 9.12. The summed E-state index contributed by atoms with van der Waals surface area (Å²) in [5.41, 5.74) is 3.23. The van der Waals surface area contributed by atoms with Crippen LogP contribution < -0.4 is 4.90 Å². The smallest absolute Gasteiger partial charge is 0.0980 e. The van der Waals surface area contributed by atoms with Crippen molar-refractivity contribution in [2.45, 2.75) is 19.6 Å². The van der Waals surface area contributed by atoms with Crippen LogP contribution in [-0.2, 0) is 11.3 Å². The van der Waals surface area contributed by atoms with Gasteiger partial charge in [0.1, 0.15) is 0 Å². The minimum absolute atomic E-state index is 0.0598. The summed E-state index contributed by atoms with van der Waals surface area (Å²) in [6.45, 7) is 4.38. The van der Waals surface area contributed by atoms with Crippen molar-refractivity contribution in [3.63, 3.8) is 0 Å². The largest absolute Gasteiger partial charge is 0.394 e. The molecule has 1 heterocycles. The zero-order valence-corrected chi connectivity index (χ0v) is 10.1. The highest BCUT2D eigenvalue weighted by molar-refractivity contribution is 5.54. The molecule has 0 radical (unpaired) electrons. The van der Waals surface area contributed by atoms with Crippen LogP contribution in [0.5, 0.6) is 0 Å². The minimum Gasteiger partial charge on any atom is -0.394 e. The van der Waals surface area contributed by atoms with Crippen LogP contribution >= 0.6 is 0 Å². The minimum atomic E-state index is -0.0966. The summed E-state index contributed by atoms with van der Waals surface area (Å²) in [7, 11) is 0. The molecule has 0 amide bonds. The average molecular weight is 237 g/mol. The second-order valence-electron chi connectivity index (χ2n) is 4.40. The molecule has 1 atom stereocenters. The molecule has 1 saturated heterocycles. The molecule has 1 aliphatic rings. The maximum absolute atomic E-state index is 9.12. The lowest BCUT2D eigenvalue weighted by Crippen LogP contribution is -2.44. The molecule has 1 aromatic rings. The molecule has 1 aromatic carbocycles. The van der Waals surface area contributed by atoms with E-state index >= 15 is 0 Å². The SMILES string of the molecule is Cc1cc(CO)ccc1N1CCOC(CO)C1. The zero-order chi connectivity index (χ0) is 12.3. The third-order valence-corrected chi connectivity index (χ3v) is 3.13. The van der Waals surface area contributed by atoms with E-state index in [1.807, 2.05) is 25.1 Å². The van der Waals surface area contributed by atoms with Crippen molar-refractivity contribution in [2.24, 2.45) is 0 Å². The van der Waals surface area contributed by atoms with Crippen LogP contribution in [0.3, 0.4) is 0 Å². The van der Waals surface area contributed by atoms with Gasteiger partial charge < -0.3 is 19.8 Å². The molecule has 0 bridgehead atoms. The number of morpholine rings is 1. The molecule has 0 aromatic heterocycles. The lowest BCUT2D eigenvalue weighted by molar-refractivity contribution is 0.00354. The van der Waals surface area contributed by atoms with Gasteiger partial charge in [-0.15, -0.1) is 0 Å². The zero-order valence-electron chi connectivity index (χ0n) is 10.1. The third kappa shape index (κ3) is 2.77. The van der Waals surface area contributed by atoms with Crippen LogP contribution in [0.15, 0.2) is 18.2 Å². The number of aliphatic hydroxyl groups is 2. The Bertz CT molecular complexity index is 381. The van der Waals surface area contributed by atoms with Gasteiger partial charge in [-0.25, -0.2) is 0 Å². The predicted octanol–water partition coefficient (Wildman–Crippen LogP) is 0.685. The highest BCUT2D eigenvalue weighted by atomic mass is 16.5. The van der Waals surface area contributed by atoms with Crippen LogP contribution in [-0.4, -0.2) is 42.6 Å². The first-order valence-electron chi connectivity index (χ1n) is 5.92. The van der Waals surface area contributed by atoms with E-state index in [-0.39, 0.29) is 19.3 Å². The third-order valence-electron chi connectivity index (χ3n) is 3.13. The Morgan fingerprint density at radius 1 is 1.41 bits per heavy atom. The molecule has 0 aliphatic carbocycles. The van der Waals surface area contributed by atoms with Gasteiger partial charge in [-0.1, -0.05) is 12.1 Å². The van der Waals surface area contributed by atoms with Crippen molar-refractivity contribution < 1.29 is 14.9 Å². The van der Waals surface area contributed by atoms with E-state index < -0.39 is 0 Å². The molecule has 0 saturated carbocycles. The van der Waals surface area contributed by atoms with Crippen LogP contribution in [0.25, 0.3) is 0 Å². The fourth-order valence-electron chi connectivity index (χ4n) is 2.22. The predicted molar refractivity (Wildman–Crippen MR) is 66.1 cm³/mol. The summed E-state index contributed by atoms with van der Waals surface area (Å²) in [5, 5.41) is 18.2. The molecule has 1 aliphatic heterocycles. The monoisotopic (exact) mass is 237 g/mol. The molecular formula is C13H19NO3. The number of aliphatic hydroxyl groups excluding tert-OH is 2. The molecule has 1 fully saturated rings. The maximum Gasteiger partial charge on any atom is 0.0980 e. The molecule has 4 heteroatoms. The molecule has 2 N–H and O–H groups in total. The normalized spacial score (nSPS) is 20.6. The first-order chi connectivity index (χ1) is 8.24. The highest BCUT2D eigenvalue weighted by Gasteiger charge is 2.20. The number of hydrogen-bond acceptors (Lipinski definition) is 4. The summed E-state index contributed by atoms with van der Waals surface area (Å²) in [5.74, 6) is 0. The summed E-state index contributed by atoms with van der Waals surface area (Å²) < 4.78 is 5.43. The number of anilines is 1. The van der Waals surface area contributed by atoms with Gasteiger partial charge in [0, 0.05) is 18.8 Å². The van der Waals surface area contributed by atoms with E-state index in [0.717, 1.165) is 29.9 Å². The van der Waals surface area contributed by atoms with Gasteiger partial charge in [0.05, 0.1) is 25.9 Å². The number of hydrogen-bond donors (Lipinski definition) is 2. The van der Waals surface area contributed by atoms with Gasteiger partial charge in [-0.2, -0.15) is 0 Å². The molecular weight excluding hydrogens is 218 g/mol. The first-order valence-corrected chi connectivity index (χ1v) is 5.92. The fourth-order valence-corrected chi connectivity index (χ4v) is 2.22. The molecule has 17 heavy (non-hydrogen) atoms. The van der Waals surface area contributed by atoms with E-state index in [9.17, 15) is 0 Å². The van der Waals surface area contributed by atoms with Gasteiger partial charge in [0.25, 0.3) is 0 Å². The van der Waals surface area contributed by atoms with E-state index in [0.29, 0.717) is 6.61 Å². The van der Waals surface area contributed by atoms with Gasteiger partial charge >= 0.3 is 0 Å². The van der Waals surface area contributed by atoms with Gasteiger partial charge in [-0.3, -0.25) is 0 Å².